The number of amides is 2. The second-order valence-electron chi connectivity index (χ2n) is 11.0. The van der Waals surface area contributed by atoms with Crippen molar-refractivity contribution in [2.24, 2.45) is 0 Å². The van der Waals surface area contributed by atoms with Crippen LogP contribution in [0.2, 0.25) is 0 Å². The van der Waals surface area contributed by atoms with Gasteiger partial charge in [0.05, 0.1) is 25.1 Å². The van der Waals surface area contributed by atoms with Crippen LogP contribution in [0.15, 0.2) is 35.2 Å². The van der Waals surface area contributed by atoms with Gasteiger partial charge < -0.3 is 24.8 Å². The fourth-order valence-electron chi connectivity index (χ4n) is 5.09. The lowest BCUT2D eigenvalue weighted by atomic mass is 10.0. The predicted octanol–water partition coefficient (Wildman–Crippen LogP) is 2.88. The Kier molecular flexibility index (Phi) is 11.1. The molecular formula is C30H45N5O4S. The van der Waals surface area contributed by atoms with Crippen LogP contribution in [0, 0.1) is 20.8 Å². The first-order chi connectivity index (χ1) is 18.9. The lowest BCUT2D eigenvalue weighted by Gasteiger charge is -2.37. The average molecular weight is 572 g/mol. The van der Waals surface area contributed by atoms with Crippen molar-refractivity contribution in [3.8, 4) is 5.75 Å². The van der Waals surface area contributed by atoms with Crippen molar-refractivity contribution in [1.82, 2.24) is 19.4 Å². The zero-order valence-electron chi connectivity index (χ0n) is 25.2. The zero-order valence-corrected chi connectivity index (χ0v) is 26.1. The number of likely N-dealkylation sites (N-methyl/N-ethyl adjacent to an activating group) is 3. The zero-order chi connectivity index (χ0) is 29.6. The van der Waals surface area contributed by atoms with Crippen molar-refractivity contribution in [3.63, 3.8) is 0 Å². The third-order valence-corrected chi connectivity index (χ3v) is 9.27. The number of rotatable bonds is 11. The standard InChI is InChI=1S/C30H45N5O4S/c1-21-14-25(35-13-9-10-26(19-35)32(4)5)12-11-24(21)18-33(6)29(37)17-31-28(36)20-34(7)40(38)30-22(2)15-27(39-8)16-23(30)3/h11-12,14-16,26H,9-10,13,17-20H2,1-8H3,(H,31,36). The smallest absolute Gasteiger partial charge is 0.242 e. The molecule has 0 aromatic heterocycles. The van der Waals surface area contributed by atoms with Crippen LogP contribution >= 0.6 is 0 Å². The summed E-state index contributed by atoms with van der Waals surface area (Å²) in [6, 6.07) is 10.7. The maximum atomic E-state index is 13.1. The number of carbonyl (C=O) groups excluding carboxylic acids is 2. The summed E-state index contributed by atoms with van der Waals surface area (Å²) in [4.78, 5) is 32.4. The molecule has 1 aliphatic rings. The maximum absolute atomic E-state index is 13.1. The Balaban J connectivity index is 1.51. The molecule has 0 spiro atoms. The number of nitrogens with one attached hydrogen (secondary N) is 1. The summed E-state index contributed by atoms with van der Waals surface area (Å²) in [5.41, 5.74) is 5.09. The van der Waals surface area contributed by atoms with Crippen molar-refractivity contribution in [1.29, 1.82) is 0 Å². The van der Waals surface area contributed by atoms with Crippen LogP contribution in [0.4, 0.5) is 5.69 Å². The quantitative estimate of drug-likeness (QED) is 0.447. The molecule has 2 amide bonds. The van der Waals surface area contributed by atoms with E-state index >= 15 is 0 Å². The molecule has 0 radical (unpaired) electrons. The first-order valence-electron chi connectivity index (χ1n) is 13.7. The summed E-state index contributed by atoms with van der Waals surface area (Å²) in [5.74, 6) is 0.150. The number of ether oxygens (including phenoxy) is 1. The summed E-state index contributed by atoms with van der Waals surface area (Å²) in [7, 11) is 7.71. The van der Waals surface area contributed by atoms with Crippen LogP contribution in [-0.2, 0) is 27.1 Å². The second-order valence-corrected chi connectivity index (χ2v) is 12.5. The lowest BCUT2D eigenvalue weighted by Crippen LogP contribution is -2.45. The Morgan fingerprint density at radius 3 is 2.33 bits per heavy atom. The van der Waals surface area contributed by atoms with Gasteiger partial charge in [-0.25, -0.2) is 8.51 Å². The molecule has 1 fully saturated rings. The van der Waals surface area contributed by atoms with Crippen LogP contribution in [0.5, 0.6) is 5.75 Å². The Morgan fingerprint density at radius 2 is 1.73 bits per heavy atom. The molecule has 0 saturated carbocycles. The molecular weight excluding hydrogens is 526 g/mol. The second kappa shape index (κ2) is 14.1. The fraction of sp³-hybridized carbons (Fsp3) is 0.533. The van der Waals surface area contributed by atoms with E-state index in [1.54, 1.807) is 26.1 Å². The molecule has 0 bridgehead atoms. The van der Waals surface area contributed by atoms with Crippen LogP contribution in [0.1, 0.15) is 35.1 Å². The van der Waals surface area contributed by atoms with Gasteiger partial charge in [-0.05, 0) is 94.2 Å². The van der Waals surface area contributed by atoms with Gasteiger partial charge in [0, 0.05) is 45.5 Å². The molecule has 220 valence electrons. The number of hydrogen-bond acceptors (Lipinski definition) is 6. The number of carbonyl (C=O) groups is 2. The van der Waals surface area contributed by atoms with Gasteiger partial charge in [-0.1, -0.05) is 6.07 Å². The van der Waals surface area contributed by atoms with E-state index in [2.05, 4.69) is 54.3 Å². The van der Waals surface area contributed by atoms with E-state index in [1.165, 1.54) is 22.8 Å². The molecule has 1 aliphatic heterocycles. The van der Waals surface area contributed by atoms with E-state index < -0.39 is 11.0 Å². The van der Waals surface area contributed by atoms with Crippen molar-refractivity contribution >= 4 is 28.5 Å². The fourth-order valence-corrected chi connectivity index (χ4v) is 6.31. The largest absolute Gasteiger partial charge is 0.497 e. The van der Waals surface area contributed by atoms with Gasteiger partial charge in [0.25, 0.3) is 0 Å². The van der Waals surface area contributed by atoms with E-state index in [4.69, 9.17) is 4.74 Å². The number of nitrogens with zero attached hydrogens (tertiary/aromatic N) is 4. The van der Waals surface area contributed by atoms with Crippen LogP contribution in [0.25, 0.3) is 0 Å². The highest BCUT2D eigenvalue weighted by atomic mass is 32.2. The molecule has 1 heterocycles. The number of aryl methyl sites for hydroxylation is 3. The highest BCUT2D eigenvalue weighted by Crippen LogP contribution is 2.26. The molecule has 3 rings (SSSR count). The molecule has 0 aliphatic carbocycles. The Morgan fingerprint density at radius 1 is 1.05 bits per heavy atom. The van der Waals surface area contributed by atoms with Crippen LogP contribution in [-0.4, -0.2) is 97.6 Å². The molecule has 40 heavy (non-hydrogen) atoms. The van der Waals surface area contributed by atoms with Crippen molar-refractivity contribution in [2.45, 2.75) is 51.1 Å². The molecule has 1 saturated heterocycles. The number of hydrogen-bond donors (Lipinski definition) is 1. The predicted molar refractivity (Wildman–Crippen MR) is 161 cm³/mol. The molecule has 2 aromatic carbocycles. The summed E-state index contributed by atoms with van der Waals surface area (Å²) in [6.45, 7) is 8.14. The van der Waals surface area contributed by atoms with E-state index in [0.29, 0.717) is 23.2 Å². The van der Waals surface area contributed by atoms with Gasteiger partial charge in [0.15, 0.2) is 0 Å². The lowest BCUT2D eigenvalue weighted by molar-refractivity contribution is -0.132. The van der Waals surface area contributed by atoms with E-state index in [1.807, 2.05) is 26.0 Å². The van der Waals surface area contributed by atoms with Crippen LogP contribution < -0.4 is 15.0 Å². The van der Waals surface area contributed by atoms with Gasteiger partial charge in [0.1, 0.15) is 16.7 Å². The summed E-state index contributed by atoms with van der Waals surface area (Å²) < 4.78 is 19.9. The Hall–Kier alpha value is -2.95. The molecule has 2 unspecified atom stereocenters. The monoisotopic (exact) mass is 571 g/mol. The summed E-state index contributed by atoms with van der Waals surface area (Å²) in [6.07, 6.45) is 2.40. The van der Waals surface area contributed by atoms with Gasteiger partial charge in [-0.2, -0.15) is 0 Å². The van der Waals surface area contributed by atoms with E-state index in [-0.39, 0.29) is 24.9 Å². The van der Waals surface area contributed by atoms with Crippen molar-refractivity contribution in [3.05, 3.63) is 52.6 Å². The Bertz CT molecular complexity index is 1210. The van der Waals surface area contributed by atoms with Crippen LogP contribution in [0.3, 0.4) is 0 Å². The molecule has 10 heteroatoms. The SMILES string of the molecule is COc1cc(C)c(S(=O)N(C)CC(=O)NCC(=O)N(C)Cc2ccc(N3CCCC(N(C)C)C3)cc2C)c(C)c1. The van der Waals surface area contributed by atoms with E-state index in [0.717, 1.165) is 35.3 Å². The first-order valence-corrected chi connectivity index (χ1v) is 14.8. The number of anilines is 1. The van der Waals surface area contributed by atoms with Gasteiger partial charge in [0.2, 0.25) is 11.8 Å². The van der Waals surface area contributed by atoms with Gasteiger partial charge in [-0.15, -0.1) is 0 Å². The minimum atomic E-state index is -1.53. The molecule has 1 N–H and O–H groups in total. The van der Waals surface area contributed by atoms with E-state index in [9.17, 15) is 13.8 Å². The van der Waals surface area contributed by atoms with Crippen molar-refractivity contribution in [2.75, 3.05) is 66.4 Å². The third-order valence-electron chi connectivity index (χ3n) is 7.58. The van der Waals surface area contributed by atoms with Crippen molar-refractivity contribution < 1.29 is 18.5 Å². The van der Waals surface area contributed by atoms with Gasteiger partial charge >= 0.3 is 0 Å². The third kappa shape index (κ3) is 8.05. The summed E-state index contributed by atoms with van der Waals surface area (Å²) in [5, 5.41) is 2.68. The molecule has 9 nitrogen and oxygen atoms in total. The molecule has 2 aromatic rings. The highest BCUT2D eigenvalue weighted by molar-refractivity contribution is 7.82. The maximum Gasteiger partial charge on any atom is 0.242 e. The summed E-state index contributed by atoms with van der Waals surface area (Å²) >= 11 is 0. The first kappa shape index (κ1) is 31.6. The number of benzene rings is 2. The highest BCUT2D eigenvalue weighted by Gasteiger charge is 2.23. The minimum absolute atomic E-state index is 0.0970. The average Bonchev–Trinajstić information content (AvgIpc) is 2.92. The number of piperidine rings is 1. The van der Waals surface area contributed by atoms with Gasteiger partial charge in [-0.3, -0.25) is 9.59 Å². The minimum Gasteiger partial charge on any atom is -0.497 e. The normalized spacial score (nSPS) is 16.2. The Labute approximate surface area is 242 Å². The number of methoxy groups -OCH3 is 1. The topological polar surface area (TPSA) is 85.4 Å². The molecule has 2 atom stereocenters.